The van der Waals surface area contributed by atoms with Gasteiger partial charge in [-0.2, -0.15) is 0 Å². The number of hydrogen-bond donors (Lipinski definition) is 2. The molecule has 0 unspecified atom stereocenters. The highest BCUT2D eigenvalue weighted by Crippen LogP contribution is 2.27. The summed E-state index contributed by atoms with van der Waals surface area (Å²) in [5, 5.41) is 3.04. The molecule has 2 aromatic heterocycles. The molecule has 0 aliphatic carbocycles. The van der Waals surface area contributed by atoms with Crippen molar-refractivity contribution in [3.05, 3.63) is 59.2 Å². The molecule has 0 fully saturated rings. The van der Waals surface area contributed by atoms with Crippen LogP contribution in [0.2, 0.25) is 0 Å². The SMILES string of the molecule is COc1cccc(-c2cnc(Nc3ccc4[nH]c(=O)oc4c3)o2)c1. The summed E-state index contributed by atoms with van der Waals surface area (Å²) in [6, 6.07) is 13.1. The average molecular weight is 323 g/mol. The predicted molar refractivity (Wildman–Crippen MR) is 88.6 cm³/mol. The first kappa shape index (κ1) is 14.1. The number of aromatic amines is 1. The van der Waals surface area contributed by atoms with Crippen molar-refractivity contribution >= 4 is 22.8 Å². The van der Waals surface area contributed by atoms with Gasteiger partial charge in [-0.05, 0) is 24.3 Å². The van der Waals surface area contributed by atoms with E-state index < -0.39 is 5.76 Å². The van der Waals surface area contributed by atoms with Gasteiger partial charge in [-0.15, -0.1) is 0 Å². The van der Waals surface area contributed by atoms with E-state index >= 15 is 0 Å². The van der Waals surface area contributed by atoms with Crippen LogP contribution in [0.4, 0.5) is 11.7 Å². The maximum atomic E-state index is 11.2. The summed E-state index contributed by atoms with van der Waals surface area (Å²) in [5.74, 6) is 0.871. The van der Waals surface area contributed by atoms with Crippen molar-refractivity contribution in [2.75, 3.05) is 12.4 Å². The van der Waals surface area contributed by atoms with Gasteiger partial charge in [0.1, 0.15) is 5.75 Å². The van der Waals surface area contributed by atoms with Gasteiger partial charge in [-0.3, -0.25) is 4.98 Å². The van der Waals surface area contributed by atoms with E-state index in [1.165, 1.54) is 0 Å². The van der Waals surface area contributed by atoms with Crippen molar-refractivity contribution < 1.29 is 13.6 Å². The molecule has 0 radical (unpaired) electrons. The van der Waals surface area contributed by atoms with Crippen LogP contribution in [0.1, 0.15) is 0 Å². The second-order valence-electron chi connectivity index (χ2n) is 5.11. The van der Waals surface area contributed by atoms with Crippen LogP contribution < -0.4 is 15.8 Å². The highest BCUT2D eigenvalue weighted by molar-refractivity contribution is 5.77. The molecule has 0 bridgehead atoms. The van der Waals surface area contributed by atoms with Crippen LogP contribution in [-0.2, 0) is 0 Å². The fraction of sp³-hybridized carbons (Fsp3) is 0.0588. The number of nitrogens with zero attached hydrogens (tertiary/aromatic N) is 1. The fourth-order valence-electron chi connectivity index (χ4n) is 2.39. The van der Waals surface area contributed by atoms with Gasteiger partial charge < -0.3 is 18.9 Å². The van der Waals surface area contributed by atoms with Gasteiger partial charge in [0.05, 0.1) is 18.8 Å². The number of anilines is 2. The molecule has 0 saturated heterocycles. The molecular weight excluding hydrogens is 310 g/mol. The van der Waals surface area contributed by atoms with Crippen LogP contribution >= 0.6 is 0 Å². The summed E-state index contributed by atoms with van der Waals surface area (Å²) in [7, 11) is 1.61. The number of hydrogen-bond acceptors (Lipinski definition) is 6. The summed E-state index contributed by atoms with van der Waals surface area (Å²) in [4.78, 5) is 18.0. The number of nitrogens with one attached hydrogen (secondary N) is 2. The van der Waals surface area contributed by atoms with Crippen LogP contribution in [0.5, 0.6) is 5.75 Å². The smallest absolute Gasteiger partial charge is 0.417 e. The maximum absolute atomic E-state index is 11.2. The number of oxazole rings is 2. The first-order valence-electron chi connectivity index (χ1n) is 7.21. The van der Waals surface area contributed by atoms with Crippen LogP contribution in [0, 0.1) is 0 Å². The predicted octanol–water partition coefficient (Wildman–Crippen LogP) is 3.53. The molecule has 2 heterocycles. The van der Waals surface area contributed by atoms with Crippen LogP contribution in [0.3, 0.4) is 0 Å². The standard InChI is InChI=1S/C17H13N3O4/c1-22-12-4-2-3-10(7-12)15-9-18-16(23-15)19-11-5-6-13-14(8-11)24-17(21)20-13/h2-9H,1H3,(H,18,19)(H,20,21). The number of rotatable bonds is 4. The van der Waals surface area contributed by atoms with Gasteiger partial charge in [0, 0.05) is 17.3 Å². The van der Waals surface area contributed by atoms with E-state index in [1.54, 1.807) is 31.5 Å². The van der Waals surface area contributed by atoms with Gasteiger partial charge in [0.2, 0.25) is 0 Å². The lowest BCUT2D eigenvalue weighted by Gasteiger charge is -2.02. The Morgan fingerprint density at radius 1 is 1.17 bits per heavy atom. The Morgan fingerprint density at radius 3 is 2.96 bits per heavy atom. The summed E-state index contributed by atoms with van der Waals surface area (Å²) in [6.45, 7) is 0. The van der Waals surface area contributed by atoms with Crippen molar-refractivity contribution in [3.8, 4) is 17.1 Å². The Balaban J connectivity index is 1.60. The van der Waals surface area contributed by atoms with Gasteiger partial charge in [0.25, 0.3) is 6.01 Å². The number of H-pyrrole nitrogens is 1. The zero-order chi connectivity index (χ0) is 16.5. The zero-order valence-electron chi connectivity index (χ0n) is 12.7. The third-order valence-corrected chi connectivity index (χ3v) is 3.53. The van der Waals surface area contributed by atoms with Crippen LogP contribution in [0.15, 0.2) is 62.3 Å². The molecule has 7 nitrogen and oxygen atoms in total. The number of benzene rings is 2. The van der Waals surface area contributed by atoms with Gasteiger partial charge >= 0.3 is 5.76 Å². The summed E-state index contributed by atoms with van der Waals surface area (Å²) in [5.41, 5.74) is 2.66. The first-order valence-corrected chi connectivity index (χ1v) is 7.21. The van der Waals surface area contributed by atoms with E-state index in [-0.39, 0.29) is 0 Å². The quantitative estimate of drug-likeness (QED) is 0.597. The molecule has 0 aliphatic heterocycles. The molecule has 4 rings (SSSR count). The normalized spacial score (nSPS) is 10.9. The molecule has 7 heteroatoms. The second-order valence-corrected chi connectivity index (χ2v) is 5.11. The van der Waals surface area contributed by atoms with Gasteiger partial charge in [-0.1, -0.05) is 12.1 Å². The van der Waals surface area contributed by atoms with Crippen LogP contribution in [-0.4, -0.2) is 17.1 Å². The minimum absolute atomic E-state index is 0.338. The Kier molecular flexibility index (Phi) is 3.31. The molecule has 4 aromatic rings. The second kappa shape index (κ2) is 5.62. The lowest BCUT2D eigenvalue weighted by Crippen LogP contribution is -1.92. The molecular formula is C17H13N3O4. The molecule has 0 aliphatic rings. The largest absolute Gasteiger partial charge is 0.497 e. The van der Waals surface area contributed by atoms with E-state index in [9.17, 15) is 4.79 Å². The number of methoxy groups -OCH3 is 1. The maximum Gasteiger partial charge on any atom is 0.417 e. The van der Waals surface area contributed by atoms with E-state index in [1.807, 2.05) is 24.3 Å². The highest BCUT2D eigenvalue weighted by Gasteiger charge is 2.09. The summed E-state index contributed by atoms with van der Waals surface area (Å²) < 4.78 is 15.9. The Morgan fingerprint density at radius 2 is 2.08 bits per heavy atom. The van der Waals surface area contributed by atoms with E-state index in [0.29, 0.717) is 28.6 Å². The lowest BCUT2D eigenvalue weighted by molar-refractivity contribution is 0.415. The average Bonchev–Trinajstić information content (AvgIpc) is 3.20. The topological polar surface area (TPSA) is 93.3 Å². The molecule has 24 heavy (non-hydrogen) atoms. The lowest BCUT2D eigenvalue weighted by atomic mass is 10.2. The molecule has 120 valence electrons. The molecule has 0 atom stereocenters. The van der Waals surface area contributed by atoms with Crippen molar-refractivity contribution in [2.24, 2.45) is 0 Å². The molecule has 0 saturated carbocycles. The zero-order valence-corrected chi connectivity index (χ0v) is 12.7. The molecule has 2 N–H and O–H groups in total. The van der Waals surface area contributed by atoms with Gasteiger partial charge in [0.15, 0.2) is 11.3 Å². The Bertz CT molecular complexity index is 1060. The first-order chi connectivity index (χ1) is 11.7. The minimum Gasteiger partial charge on any atom is -0.497 e. The van der Waals surface area contributed by atoms with E-state index in [2.05, 4.69) is 15.3 Å². The van der Waals surface area contributed by atoms with E-state index in [4.69, 9.17) is 13.6 Å². The monoisotopic (exact) mass is 323 g/mol. The third kappa shape index (κ3) is 2.63. The van der Waals surface area contributed by atoms with Crippen molar-refractivity contribution in [1.29, 1.82) is 0 Å². The molecule has 2 aromatic carbocycles. The number of aromatic nitrogens is 2. The minimum atomic E-state index is -0.487. The Labute approximate surface area is 135 Å². The summed E-state index contributed by atoms with van der Waals surface area (Å²) in [6.07, 6.45) is 1.63. The molecule has 0 spiro atoms. The number of ether oxygens (including phenoxy) is 1. The van der Waals surface area contributed by atoms with Gasteiger partial charge in [-0.25, -0.2) is 9.78 Å². The van der Waals surface area contributed by atoms with Crippen LogP contribution in [0.25, 0.3) is 22.4 Å². The van der Waals surface area contributed by atoms with Crippen molar-refractivity contribution in [2.45, 2.75) is 0 Å². The third-order valence-electron chi connectivity index (χ3n) is 3.53. The van der Waals surface area contributed by atoms with E-state index in [0.717, 1.165) is 11.3 Å². The Hall–Kier alpha value is -3.48. The molecule has 0 amide bonds. The number of fused-ring (bicyclic) bond motifs is 1. The summed E-state index contributed by atoms with van der Waals surface area (Å²) >= 11 is 0. The fourth-order valence-corrected chi connectivity index (χ4v) is 2.39. The van der Waals surface area contributed by atoms with Crippen molar-refractivity contribution in [3.63, 3.8) is 0 Å². The highest BCUT2D eigenvalue weighted by atomic mass is 16.5. The van der Waals surface area contributed by atoms with Crippen molar-refractivity contribution in [1.82, 2.24) is 9.97 Å².